The van der Waals surface area contributed by atoms with Gasteiger partial charge in [0.2, 0.25) is 5.91 Å². The number of aromatic nitrogens is 4. The fourth-order valence-corrected chi connectivity index (χ4v) is 1.11. The van der Waals surface area contributed by atoms with Gasteiger partial charge in [0, 0.05) is 20.2 Å². The lowest BCUT2D eigenvalue weighted by Gasteiger charge is -1.94. The Balaban J connectivity index is 2.28. The zero-order valence-corrected chi connectivity index (χ0v) is 8.26. The van der Waals surface area contributed by atoms with Crippen molar-refractivity contribution < 1.29 is 9.21 Å². The molecule has 0 aliphatic heterocycles. The number of hydrogen-bond donors (Lipinski definition) is 1. The Morgan fingerprint density at radius 1 is 1.53 bits per heavy atom. The van der Waals surface area contributed by atoms with Crippen molar-refractivity contribution in [3.8, 4) is 11.6 Å². The molecule has 7 heteroatoms. The highest BCUT2D eigenvalue weighted by molar-refractivity contribution is 5.86. The first-order valence-corrected chi connectivity index (χ1v) is 4.26. The molecular formula is C8H9N5O2. The minimum Gasteiger partial charge on any atom is -0.401 e. The summed E-state index contributed by atoms with van der Waals surface area (Å²) >= 11 is 0. The highest BCUT2D eigenvalue weighted by atomic mass is 16.4. The standard InChI is InChI=1S/C8H9N5O2/c1-5(14)10-8-12-11-7(15-8)6-3-4-9-13(6)2/h3-4H,1-2H3,(H,10,12,14). The fourth-order valence-electron chi connectivity index (χ4n) is 1.11. The van der Waals surface area contributed by atoms with Crippen LogP contribution >= 0.6 is 0 Å². The van der Waals surface area contributed by atoms with Gasteiger partial charge in [0.25, 0.3) is 5.89 Å². The molecule has 2 rings (SSSR count). The molecule has 0 saturated heterocycles. The summed E-state index contributed by atoms with van der Waals surface area (Å²) in [4.78, 5) is 10.7. The third-order valence-electron chi connectivity index (χ3n) is 1.75. The van der Waals surface area contributed by atoms with Crippen LogP contribution in [-0.2, 0) is 11.8 Å². The molecule has 0 atom stereocenters. The SMILES string of the molecule is CC(=O)Nc1nnc(-c2ccnn2C)o1. The van der Waals surface area contributed by atoms with E-state index in [4.69, 9.17) is 4.42 Å². The van der Waals surface area contributed by atoms with Gasteiger partial charge in [-0.25, -0.2) is 0 Å². The zero-order chi connectivity index (χ0) is 10.8. The summed E-state index contributed by atoms with van der Waals surface area (Å²) in [5.74, 6) is 0.0638. The number of nitrogens with one attached hydrogen (secondary N) is 1. The van der Waals surface area contributed by atoms with Gasteiger partial charge < -0.3 is 4.42 Å². The minimum absolute atomic E-state index is 0.0821. The van der Waals surface area contributed by atoms with Crippen molar-refractivity contribution in [1.29, 1.82) is 0 Å². The Morgan fingerprint density at radius 3 is 2.93 bits per heavy atom. The van der Waals surface area contributed by atoms with Crippen LogP contribution in [0.3, 0.4) is 0 Å². The van der Waals surface area contributed by atoms with Gasteiger partial charge in [0.1, 0.15) is 5.69 Å². The van der Waals surface area contributed by atoms with Crippen molar-refractivity contribution in [3.63, 3.8) is 0 Å². The molecule has 1 amide bonds. The second kappa shape index (κ2) is 3.52. The van der Waals surface area contributed by atoms with Crippen molar-refractivity contribution in [3.05, 3.63) is 12.3 Å². The predicted molar refractivity (Wildman–Crippen MR) is 50.8 cm³/mol. The lowest BCUT2D eigenvalue weighted by atomic mass is 10.4. The maximum atomic E-state index is 10.7. The molecule has 0 fully saturated rings. The van der Waals surface area contributed by atoms with Crippen LogP contribution in [0.2, 0.25) is 0 Å². The molecule has 0 aliphatic carbocycles. The summed E-state index contributed by atoms with van der Waals surface area (Å²) in [6.07, 6.45) is 1.62. The second-order valence-corrected chi connectivity index (χ2v) is 2.93. The topological polar surface area (TPSA) is 85.8 Å². The smallest absolute Gasteiger partial charge is 0.322 e. The number of anilines is 1. The Morgan fingerprint density at radius 2 is 2.33 bits per heavy atom. The molecule has 0 aromatic carbocycles. The molecular weight excluding hydrogens is 198 g/mol. The van der Waals surface area contributed by atoms with Crippen LogP contribution in [0.4, 0.5) is 6.01 Å². The van der Waals surface area contributed by atoms with Gasteiger partial charge >= 0.3 is 6.01 Å². The molecule has 15 heavy (non-hydrogen) atoms. The van der Waals surface area contributed by atoms with Crippen LogP contribution in [0.15, 0.2) is 16.7 Å². The monoisotopic (exact) mass is 207 g/mol. The fraction of sp³-hybridized carbons (Fsp3) is 0.250. The first-order chi connectivity index (χ1) is 7.16. The average Bonchev–Trinajstić information content (AvgIpc) is 2.72. The molecule has 0 bridgehead atoms. The number of hydrogen-bond acceptors (Lipinski definition) is 5. The summed E-state index contributed by atoms with van der Waals surface area (Å²) in [5.41, 5.74) is 0.694. The number of nitrogens with zero attached hydrogens (tertiary/aromatic N) is 4. The molecule has 2 aromatic heterocycles. The molecule has 2 aromatic rings. The highest BCUT2D eigenvalue weighted by Crippen LogP contribution is 2.18. The van der Waals surface area contributed by atoms with E-state index >= 15 is 0 Å². The van der Waals surface area contributed by atoms with Crippen LogP contribution in [-0.4, -0.2) is 25.9 Å². The summed E-state index contributed by atoms with van der Waals surface area (Å²) in [6.45, 7) is 1.37. The van der Waals surface area contributed by atoms with Gasteiger partial charge in [-0.15, -0.1) is 5.10 Å². The number of amides is 1. The minimum atomic E-state index is -0.254. The van der Waals surface area contributed by atoms with Crippen LogP contribution in [0.1, 0.15) is 6.92 Å². The van der Waals surface area contributed by atoms with Crippen LogP contribution in [0.5, 0.6) is 0 Å². The lowest BCUT2D eigenvalue weighted by molar-refractivity contribution is -0.114. The summed E-state index contributed by atoms with van der Waals surface area (Å²) in [5, 5.41) is 13.8. The van der Waals surface area contributed by atoms with Gasteiger partial charge in [-0.1, -0.05) is 5.10 Å². The highest BCUT2D eigenvalue weighted by Gasteiger charge is 2.11. The number of carbonyl (C=O) groups is 1. The van der Waals surface area contributed by atoms with Gasteiger partial charge in [-0.2, -0.15) is 5.10 Å². The van der Waals surface area contributed by atoms with Gasteiger partial charge in [0.05, 0.1) is 0 Å². The molecule has 0 saturated carbocycles. The molecule has 78 valence electrons. The van der Waals surface area contributed by atoms with E-state index in [1.54, 1.807) is 24.0 Å². The van der Waals surface area contributed by atoms with Crippen molar-refractivity contribution in [2.24, 2.45) is 7.05 Å². The third kappa shape index (κ3) is 1.85. The summed E-state index contributed by atoms with van der Waals surface area (Å²) in [7, 11) is 1.76. The first kappa shape index (κ1) is 9.38. The summed E-state index contributed by atoms with van der Waals surface area (Å²) < 4.78 is 6.81. The van der Waals surface area contributed by atoms with Gasteiger partial charge in [0.15, 0.2) is 0 Å². The quantitative estimate of drug-likeness (QED) is 0.771. The van der Waals surface area contributed by atoms with E-state index in [0.29, 0.717) is 11.6 Å². The van der Waals surface area contributed by atoms with E-state index in [2.05, 4.69) is 20.6 Å². The number of aryl methyl sites for hydroxylation is 1. The largest absolute Gasteiger partial charge is 0.401 e. The second-order valence-electron chi connectivity index (χ2n) is 2.93. The van der Waals surface area contributed by atoms with E-state index < -0.39 is 0 Å². The number of rotatable bonds is 2. The van der Waals surface area contributed by atoms with Crippen molar-refractivity contribution in [2.45, 2.75) is 6.92 Å². The van der Waals surface area contributed by atoms with E-state index in [9.17, 15) is 4.79 Å². The lowest BCUT2D eigenvalue weighted by Crippen LogP contribution is -2.05. The van der Waals surface area contributed by atoms with E-state index in [0.717, 1.165) is 0 Å². The zero-order valence-electron chi connectivity index (χ0n) is 8.26. The molecule has 0 spiro atoms. The Hall–Kier alpha value is -2.18. The summed E-state index contributed by atoms with van der Waals surface area (Å²) in [6, 6.07) is 1.82. The Bertz CT molecular complexity index is 487. The maximum absolute atomic E-state index is 10.7. The Labute approximate surface area is 85.1 Å². The first-order valence-electron chi connectivity index (χ1n) is 4.26. The molecule has 0 radical (unpaired) electrons. The van der Waals surface area contributed by atoms with Gasteiger partial charge in [-0.3, -0.25) is 14.8 Å². The molecule has 2 heterocycles. The van der Waals surface area contributed by atoms with Crippen LogP contribution in [0, 0.1) is 0 Å². The molecule has 7 nitrogen and oxygen atoms in total. The Kier molecular flexibility index (Phi) is 2.20. The van der Waals surface area contributed by atoms with Crippen LogP contribution < -0.4 is 5.32 Å². The van der Waals surface area contributed by atoms with E-state index in [1.165, 1.54) is 6.92 Å². The predicted octanol–water partition coefficient (Wildman–Crippen LogP) is 0.428. The molecule has 1 N–H and O–H groups in total. The maximum Gasteiger partial charge on any atom is 0.322 e. The normalized spacial score (nSPS) is 10.3. The number of carbonyl (C=O) groups excluding carboxylic acids is 1. The molecule has 0 unspecified atom stereocenters. The van der Waals surface area contributed by atoms with Crippen LogP contribution in [0.25, 0.3) is 11.6 Å². The third-order valence-corrected chi connectivity index (χ3v) is 1.75. The van der Waals surface area contributed by atoms with E-state index in [-0.39, 0.29) is 11.9 Å². The van der Waals surface area contributed by atoms with Crippen molar-refractivity contribution >= 4 is 11.9 Å². The van der Waals surface area contributed by atoms with Crippen molar-refractivity contribution in [2.75, 3.05) is 5.32 Å². The van der Waals surface area contributed by atoms with E-state index in [1.807, 2.05) is 0 Å². The van der Waals surface area contributed by atoms with Crippen molar-refractivity contribution in [1.82, 2.24) is 20.0 Å². The average molecular weight is 207 g/mol. The van der Waals surface area contributed by atoms with Gasteiger partial charge in [-0.05, 0) is 6.07 Å². The molecule has 0 aliphatic rings.